The van der Waals surface area contributed by atoms with Gasteiger partial charge in [0.15, 0.2) is 0 Å². The minimum atomic E-state index is -0.948. The lowest BCUT2D eigenvalue weighted by molar-refractivity contribution is -0.140. The lowest BCUT2D eigenvalue weighted by Crippen LogP contribution is -2.42. The number of thioether (sulfide) groups is 1. The maximum atomic E-state index is 12.2. The van der Waals surface area contributed by atoms with E-state index in [-0.39, 0.29) is 5.91 Å². The van der Waals surface area contributed by atoms with Gasteiger partial charge in [-0.15, -0.1) is 11.8 Å². The Hall–Kier alpha value is -0.950. The topological polar surface area (TPSA) is 62.5 Å². The zero-order valence-corrected chi connectivity index (χ0v) is 11.5. The Bertz CT molecular complexity index is 474. The second kappa shape index (κ2) is 4.73. The van der Waals surface area contributed by atoms with Gasteiger partial charge in [-0.2, -0.15) is 0 Å². The third kappa shape index (κ3) is 2.35. The van der Waals surface area contributed by atoms with Gasteiger partial charge < -0.3 is 14.6 Å². The summed E-state index contributed by atoms with van der Waals surface area (Å²) in [5.74, 6) is -0.308. The van der Waals surface area contributed by atoms with Crippen molar-refractivity contribution < 1.29 is 14.7 Å². The van der Waals surface area contributed by atoms with Crippen molar-refractivity contribution in [2.45, 2.75) is 6.04 Å². The van der Waals surface area contributed by atoms with Gasteiger partial charge in [0.2, 0.25) is 0 Å². The summed E-state index contributed by atoms with van der Waals surface area (Å²) >= 11 is 4.75. The number of aromatic nitrogens is 1. The molecule has 1 saturated heterocycles. The number of amides is 1. The largest absolute Gasteiger partial charge is 0.480 e. The summed E-state index contributed by atoms with van der Waals surface area (Å²) in [7, 11) is 1.76. The fourth-order valence-corrected chi connectivity index (χ4v) is 3.40. The van der Waals surface area contributed by atoms with E-state index in [9.17, 15) is 9.59 Å². The molecule has 0 aromatic carbocycles. The van der Waals surface area contributed by atoms with E-state index >= 15 is 0 Å². The van der Waals surface area contributed by atoms with Crippen LogP contribution in [0.4, 0.5) is 0 Å². The average molecular weight is 319 g/mol. The molecule has 1 aromatic rings. The molecule has 0 aliphatic carbocycles. The molecule has 1 fully saturated rings. The Morgan fingerprint density at radius 3 is 2.82 bits per heavy atom. The van der Waals surface area contributed by atoms with Crippen LogP contribution in [0.5, 0.6) is 0 Å². The van der Waals surface area contributed by atoms with Crippen molar-refractivity contribution in [1.29, 1.82) is 0 Å². The molecule has 2 heterocycles. The van der Waals surface area contributed by atoms with Crippen molar-refractivity contribution in [3.63, 3.8) is 0 Å². The molecule has 17 heavy (non-hydrogen) atoms. The monoisotopic (exact) mass is 318 g/mol. The lowest BCUT2D eigenvalue weighted by atomic mass is 10.2. The molecule has 1 aliphatic rings. The first-order valence-corrected chi connectivity index (χ1v) is 6.89. The predicted octanol–water partition coefficient (Wildman–Crippen LogP) is 1.39. The van der Waals surface area contributed by atoms with Crippen molar-refractivity contribution in [1.82, 2.24) is 9.47 Å². The first-order chi connectivity index (χ1) is 8.00. The number of carboxylic acids is 1. The third-order valence-electron chi connectivity index (χ3n) is 2.62. The van der Waals surface area contributed by atoms with Crippen LogP contribution < -0.4 is 0 Å². The Labute approximate surface area is 111 Å². The van der Waals surface area contributed by atoms with Crippen molar-refractivity contribution in [3.05, 3.63) is 22.4 Å². The molecule has 0 bridgehead atoms. The summed E-state index contributed by atoms with van der Waals surface area (Å²) in [5, 5.41) is 9.03. The van der Waals surface area contributed by atoms with Crippen molar-refractivity contribution in [2.24, 2.45) is 7.05 Å². The standard InChI is InChI=1S/C10H11BrN2O3S/c1-12-3-6(11)2-7(12)9(14)13-5-17-4-8(13)10(15)16/h2-3,8H,4-5H2,1H3,(H,15,16)/t8-/m0/s1. The van der Waals surface area contributed by atoms with Crippen LogP contribution in [0.25, 0.3) is 0 Å². The summed E-state index contributed by atoms with van der Waals surface area (Å²) in [4.78, 5) is 24.6. The number of rotatable bonds is 2. The summed E-state index contributed by atoms with van der Waals surface area (Å²) in [6.45, 7) is 0. The minimum Gasteiger partial charge on any atom is -0.480 e. The van der Waals surface area contributed by atoms with Gasteiger partial charge in [0.1, 0.15) is 11.7 Å². The zero-order chi connectivity index (χ0) is 12.6. The normalized spacial score (nSPS) is 19.6. The van der Waals surface area contributed by atoms with E-state index in [2.05, 4.69) is 15.9 Å². The number of carbonyl (C=O) groups excluding carboxylic acids is 1. The highest BCUT2D eigenvalue weighted by Gasteiger charge is 2.35. The van der Waals surface area contributed by atoms with E-state index in [4.69, 9.17) is 5.11 Å². The van der Waals surface area contributed by atoms with Crippen LogP contribution in [0.2, 0.25) is 0 Å². The Morgan fingerprint density at radius 2 is 2.29 bits per heavy atom. The van der Waals surface area contributed by atoms with Gasteiger partial charge in [-0.05, 0) is 22.0 Å². The Kier molecular flexibility index (Phi) is 3.48. The smallest absolute Gasteiger partial charge is 0.327 e. The number of aryl methyl sites for hydroxylation is 1. The van der Waals surface area contributed by atoms with E-state index in [0.717, 1.165) is 4.47 Å². The molecule has 1 aliphatic heterocycles. The van der Waals surface area contributed by atoms with E-state index in [0.29, 0.717) is 17.3 Å². The fraction of sp³-hybridized carbons (Fsp3) is 0.400. The van der Waals surface area contributed by atoms with Crippen molar-refractivity contribution >= 4 is 39.6 Å². The fourth-order valence-electron chi connectivity index (χ4n) is 1.73. The number of aliphatic carboxylic acids is 1. The predicted molar refractivity (Wildman–Crippen MR) is 68.0 cm³/mol. The van der Waals surface area contributed by atoms with Crippen LogP contribution in [0, 0.1) is 0 Å². The number of halogens is 1. The van der Waals surface area contributed by atoms with Gasteiger partial charge in [-0.3, -0.25) is 4.79 Å². The second-order valence-corrected chi connectivity index (χ2v) is 5.70. The van der Waals surface area contributed by atoms with Gasteiger partial charge in [0, 0.05) is 23.5 Å². The highest BCUT2D eigenvalue weighted by Crippen LogP contribution is 2.24. The molecule has 1 atom stereocenters. The number of carboxylic acid groups (broad SMARTS) is 1. The van der Waals surface area contributed by atoms with E-state index in [1.54, 1.807) is 23.9 Å². The van der Waals surface area contributed by atoms with Crippen LogP contribution in [-0.4, -0.2) is 44.1 Å². The SMILES string of the molecule is Cn1cc(Br)cc1C(=O)N1CSC[C@H]1C(=O)O. The van der Waals surface area contributed by atoms with E-state index in [1.165, 1.54) is 16.7 Å². The molecule has 0 saturated carbocycles. The quantitative estimate of drug-likeness (QED) is 0.895. The third-order valence-corrected chi connectivity index (χ3v) is 4.06. The van der Waals surface area contributed by atoms with Crippen LogP contribution in [0.1, 0.15) is 10.5 Å². The van der Waals surface area contributed by atoms with Gasteiger partial charge in [0.05, 0.1) is 5.88 Å². The first kappa shape index (κ1) is 12.5. The number of nitrogens with zero attached hydrogens (tertiary/aromatic N) is 2. The molecule has 92 valence electrons. The Morgan fingerprint density at radius 1 is 1.59 bits per heavy atom. The molecular weight excluding hydrogens is 308 g/mol. The molecule has 0 spiro atoms. The van der Waals surface area contributed by atoms with Gasteiger partial charge in [-0.25, -0.2) is 4.79 Å². The highest BCUT2D eigenvalue weighted by atomic mass is 79.9. The second-order valence-electron chi connectivity index (χ2n) is 3.78. The lowest BCUT2D eigenvalue weighted by Gasteiger charge is -2.20. The van der Waals surface area contributed by atoms with Crippen LogP contribution in [0.15, 0.2) is 16.7 Å². The maximum absolute atomic E-state index is 12.2. The van der Waals surface area contributed by atoms with Crippen molar-refractivity contribution in [3.8, 4) is 0 Å². The summed E-state index contributed by atoms with van der Waals surface area (Å²) < 4.78 is 2.50. The molecule has 5 nitrogen and oxygen atoms in total. The van der Waals surface area contributed by atoms with Crippen molar-refractivity contribution in [2.75, 3.05) is 11.6 Å². The van der Waals surface area contributed by atoms with E-state index < -0.39 is 12.0 Å². The van der Waals surface area contributed by atoms with Crippen LogP contribution >= 0.6 is 27.7 Å². The highest BCUT2D eigenvalue weighted by molar-refractivity contribution is 9.10. The van der Waals surface area contributed by atoms with Gasteiger partial charge >= 0.3 is 5.97 Å². The molecule has 0 unspecified atom stereocenters. The number of carbonyl (C=O) groups is 2. The summed E-state index contributed by atoms with van der Waals surface area (Å²) in [6.07, 6.45) is 1.77. The first-order valence-electron chi connectivity index (χ1n) is 4.94. The summed E-state index contributed by atoms with van der Waals surface area (Å²) in [6, 6.07) is 0.978. The molecule has 2 rings (SSSR count). The molecular formula is C10H11BrN2O3S. The number of hydrogen-bond acceptors (Lipinski definition) is 3. The average Bonchev–Trinajstić information content (AvgIpc) is 2.83. The molecule has 1 aromatic heterocycles. The van der Waals surface area contributed by atoms with E-state index in [1.807, 2.05) is 0 Å². The number of hydrogen-bond donors (Lipinski definition) is 1. The molecule has 1 N–H and O–H groups in total. The minimum absolute atomic E-state index is 0.240. The molecule has 1 amide bonds. The van der Waals surface area contributed by atoms with Crippen LogP contribution in [0.3, 0.4) is 0 Å². The molecule has 7 heteroatoms. The van der Waals surface area contributed by atoms with Crippen LogP contribution in [-0.2, 0) is 11.8 Å². The maximum Gasteiger partial charge on any atom is 0.327 e. The molecule has 0 radical (unpaired) electrons. The summed E-state index contributed by atoms with van der Waals surface area (Å²) in [5.41, 5.74) is 0.491. The van der Waals surface area contributed by atoms with Gasteiger partial charge in [0.25, 0.3) is 5.91 Å². The Balaban J connectivity index is 2.25. The zero-order valence-electron chi connectivity index (χ0n) is 9.09. The van der Waals surface area contributed by atoms with Gasteiger partial charge in [-0.1, -0.05) is 0 Å².